The summed E-state index contributed by atoms with van der Waals surface area (Å²) in [6.45, 7) is 4.54. The molecule has 9 heteroatoms. The normalized spacial score (nSPS) is 13.2. The van der Waals surface area contributed by atoms with Crippen LogP contribution in [0.1, 0.15) is 42.9 Å². The standard InChI is InChI=1S/C15H17ClN2O5S/c1-8(2)24(21,22)18-9(3)14-12(15(19)20)13(17-23-14)10-4-6-11(16)7-5-10/h4-9,18H,1-3H3,(H,19,20). The summed E-state index contributed by atoms with van der Waals surface area (Å²) in [6, 6.07) is 5.54. The Morgan fingerprint density at radius 2 is 1.83 bits per heavy atom. The van der Waals surface area contributed by atoms with Gasteiger partial charge in [-0.1, -0.05) is 28.9 Å². The van der Waals surface area contributed by atoms with Gasteiger partial charge < -0.3 is 9.63 Å². The van der Waals surface area contributed by atoms with E-state index in [-0.39, 0.29) is 17.0 Å². The van der Waals surface area contributed by atoms with E-state index in [1.165, 1.54) is 20.8 Å². The molecule has 2 rings (SSSR count). The summed E-state index contributed by atoms with van der Waals surface area (Å²) in [5, 5.41) is 13.1. The summed E-state index contributed by atoms with van der Waals surface area (Å²) >= 11 is 5.82. The molecule has 1 aromatic heterocycles. The van der Waals surface area contributed by atoms with Crippen LogP contribution in [0.2, 0.25) is 5.02 Å². The fourth-order valence-electron chi connectivity index (χ4n) is 2.05. The molecular weight excluding hydrogens is 356 g/mol. The molecule has 7 nitrogen and oxygen atoms in total. The summed E-state index contributed by atoms with van der Waals surface area (Å²) in [7, 11) is -3.60. The zero-order valence-corrected chi connectivity index (χ0v) is 14.9. The minimum Gasteiger partial charge on any atom is -0.477 e. The molecule has 2 N–H and O–H groups in total. The topological polar surface area (TPSA) is 110 Å². The van der Waals surface area contributed by atoms with Crippen LogP contribution in [0.15, 0.2) is 28.8 Å². The van der Waals surface area contributed by atoms with Crippen LogP contribution in [0.3, 0.4) is 0 Å². The molecule has 0 aliphatic heterocycles. The number of aromatic carboxylic acids is 1. The monoisotopic (exact) mass is 372 g/mol. The van der Waals surface area contributed by atoms with Gasteiger partial charge in [0, 0.05) is 10.6 Å². The highest BCUT2D eigenvalue weighted by atomic mass is 35.5. The molecule has 0 bridgehead atoms. The van der Waals surface area contributed by atoms with Crippen LogP contribution in [0.4, 0.5) is 0 Å². The number of hydrogen-bond acceptors (Lipinski definition) is 5. The SMILES string of the molecule is CC(NS(=O)(=O)C(C)C)c1onc(-c2ccc(Cl)cc2)c1C(=O)O. The molecule has 0 amide bonds. The minimum absolute atomic E-state index is 0.0586. The second kappa shape index (κ2) is 6.92. The third-order valence-corrected chi connectivity index (χ3v) is 5.58. The molecule has 1 atom stereocenters. The van der Waals surface area contributed by atoms with E-state index >= 15 is 0 Å². The van der Waals surface area contributed by atoms with Crippen LogP contribution >= 0.6 is 11.6 Å². The number of nitrogens with zero attached hydrogens (tertiary/aromatic N) is 1. The lowest BCUT2D eigenvalue weighted by Gasteiger charge is -2.14. The lowest BCUT2D eigenvalue weighted by Crippen LogP contribution is -2.33. The molecule has 0 fully saturated rings. The van der Waals surface area contributed by atoms with Gasteiger partial charge in [-0.3, -0.25) is 0 Å². The summed E-state index contributed by atoms with van der Waals surface area (Å²) in [5.74, 6) is -1.32. The Hall–Kier alpha value is -1.90. The summed E-state index contributed by atoms with van der Waals surface area (Å²) in [6.07, 6.45) is 0. The van der Waals surface area contributed by atoms with Crippen LogP contribution in [0.5, 0.6) is 0 Å². The number of hydrogen-bond donors (Lipinski definition) is 2. The molecule has 0 radical (unpaired) electrons. The Balaban J connectivity index is 2.45. The smallest absolute Gasteiger partial charge is 0.341 e. The Morgan fingerprint density at radius 3 is 2.33 bits per heavy atom. The van der Waals surface area contributed by atoms with Crippen molar-refractivity contribution >= 4 is 27.6 Å². The van der Waals surface area contributed by atoms with Crippen LogP contribution in [0, 0.1) is 0 Å². The van der Waals surface area contributed by atoms with E-state index in [2.05, 4.69) is 9.88 Å². The molecule has 0 saturated carbocycles. The van der Waals surface area contributed by atoms with Crippen molar-refractivity contribution in [2.24, 2.45) is 0 Å². The van der Waals surface area contributed by atoms with Crippen molar-refractivity contribution in [2.75, 3.05) is 0 Å². The Kier molecular flexibility index (Phi) is 5.32. The lowest BCUT2D eigenvalue weighted by molar-refractivity contribution is 0.0694. The first kappa shape index (κ1) is 18.4. The van der Waals surface area contributed by atoms with Crippen molar-refractivity contribution < 1.29 is 22.8 Å². The third-order valence-electron chi connectivity index (χ3n) is 3.40. The van der Waals surface area contributed by atoms with Gasteiger partial charge in [-0.05, 0) is 32.9 Å². The predicted octanol–water partition coefficient (Wildman–Crippen LogP) is 3.08. The highest BCUT2D eigenvalue weighted by molar-refractivity contribution is 7.90. The second-order valence-electron chi connectivity index (χ2n) is 5.52. The highest BCUT2D eigenvalue weighted by Gasteiger charge is 2.30. The van der Waals surface area contributed by atoms with Crippen molar-refractivity contribution in [3.05, 3.63) is 40.6 Å². The summed E-state index contributed by atoms with van der Waals surface area (Å²) < 4.78 is 31.5. The van der Waals surface area contributed by atoms with E-state index in [9.17, 15) is 18.3 Å². The van der Waals surface area contributed by atoms with E-state index in [0.717, 1.165) is 0 Å². The Labute approximate surface area is 144 Å². The number of carboxylic acid groups (broad SMARTS) is 1. The number of rotatable bonds is 6. The summed E-state index contributed by atoms with van der Waals surface area (Å²) in [4.78, 5) is 11.6. The van der Waals surface area contributed by atoms with Gasteiger partial charge in [0.25, 0.3) is 0 Å². The molecule has 0 aliphatic carbocycles. The van der Waals surface area contributed by atoms with Crippen molar-refractivity contribution in [1.82, 2.24) is 9.88 Å². The maximum absolute atomic E-state index is 12.0. The molecule has 1 unspecified atom stereocenters. The molecule has 130 valence electrons. The fourth-order valence-corrected chi connectivity index (χ4v) is 3.04. The number of carbonyl (C=O) groups is 1. The minimum atomic E-state index is -3.60. The largest absolute Gasteiger partial charge is 0.477 e. The van der Waals surface area contributed by atoms with Gasteiger partial charge in [0.1, 0.15) is 11.3 Å². The molecule has 1 heterocycles. The van der Waals surface area contributed by atoms with Gasteiger partial charge in [0.15, 0.2) is 5.76 Å². The molecule has 24 heavy (non-hydrogen) atoms. The van der Waals surface area contributed by atoms with E-state index in [1.54, 1.807) is 24.3 Å². The van der Waals surface area contributed by atoms with Crippen molar-refractivity contribution in [3.63, 3.8) is 0 Å². The average Bonchev–Trinajstić information content (AvgIpc) is 2.92. The van der Waals surface area contributed by atoms with E-state index in [0.29, 0.717) is 10.6 Å². The Morgan fingerprint density at radius 1 is 1.25 bits per heavy atom. The maximum Gasteiger partial charge on any atom is 0.341 e. The molecule has 2 aromatic rings. The maximum atomic E-state index is 12.0. The van der Waals surface area contributed by atoms with Crippen LogP contribution in [0.25, 0.3) is 11.3 Å². The Bertz CT molecular complexity index is 843. The average molecular weight is 373 g/mol. The van der Waals surface area contributed by atoms with E-state index in [1.807, 2.05) is 0 Å². The van der Waals surface area contributed by atoms with Crippen molar-refractivity contribution in [1.29, 1.82) is 0 Å². The highest BCUT2D eigenvalue weighted by Crippen LogP contribution is 2.30. The van der Waals surface area contributed by atoms with Crippen molar-refractivity contribution in [3.8, 4) is 11.3 Å². The second-order valence-corrected chi connectivity index (χ2v) is 8.22. The molecule has 0 aliphatic rings. The molecule has 0 saturated heterocycles. The van der Waals surface area contributed by atoms with Crippen LogP contribution < -0.4 is 4.72 Å². The lowest BCUT2D eigenvalue weighted by atomic mass is 10.0. The molecule has 0 spiro atoms. The van der Waals surface area contributed by atoms with Gasteiger partial charge >= 0.3 is 5.97 Å². The predicted molar refractivity (Wildman–Crippen MR) is 89.5 cm³/mol. The van der Waals surface area contributed by atoms with Crippen LogP contribution in [-0.4, -0.2) is 29.9 Å². The van der Waals surface area contributed by atoms with Gasteiger partial charge in [-0.2, -0.15) is 0 Å². The van der Waals surface area contributed by atoms with Gasteiger partial charge in [0.05, 0.1) is 11.3 Å². The van der Waals surface area contributed by atoms with Crippen molar-refractivity contribution in [2.45, 2.75) is 32.1 Å². The van der Waals surface area contributed by atoms with Gasteiger partial charge in [-0.15, -0.1) is 0 Å². The number of aromatic nitrogens is 1. The third kappa shape index (κ3) is 3.77. The first-order chi connectivity index (χ1) is 11.1. The number of carboxylic acids is 1. The summed E-state index contributed by atoms with van der Waals surface area (Å²) in [5.41, 5.74) is 0.437. The van der Waals surface area contributed by atoms with E-state index < -0.39 is 27.3 Å². The number of benzene rings is 1. The zero-order valence-electron chi connectivity index (χ0n) is 13.3. The van der Waals surface area contributed by atoms with Gasteiger partial charge in [-0.25, -0.2) is 17.9 Å². The first-order valence-corrected chi connectivity index (χ1v) is 9.06. The number of nitrogens with one attached hydrogen (secondary N) is 1. The van der Waals surface area contributed by atoms with Crippen LogP contribution in [-0.2, 0) is 10.0 Å². The molecular formula is C15H17ClN2O5S. The first-order valence-electron chi connectivity index (χ1n) is 7.13. The number of sulfonamides is 1. The molecule has 1 aromatic carbocycles. The zero-order chi connectivity index (χ0) is 18.1. The number of halogens is 1. The fraction of sp³-hybridized carbons (Fsp3) is 0.333. The van der Waals surface area contributed by atoms with Gasteiger partial charge in [0.2, 0.25) is 10.0 Å². The quantitative estimate of drug-likeness (QED) is 0.806. The van der Waals surface area contributed by atoms with E-state index in [4.69, 9.17) is 16.1 Å².